The van der Waals surface area contributed by atoms with E-state index in [0.717, 1.165) is 6.42 Å². The Bertz CT molecular complexity index is 501. The second kappa shape index (κ2) is 5.34. The molecular weight excluding hydrogens is 271 g/mol. The molecule has 2 rings (SSSR count). The molecule has 20 heavy (non-hydrogen) atoms. The third-order valence-electron chi connectivity index (χ3n) is 3.46. The molecule has 0 bridgehead atoms. The third kappa shape index (κ3) is 2.46. The molecule has 1 amide bonds. The summed E-state index contributed by atoms with van der Waals surface area (Å²) in [6.07, 6.45) is -4.16. The molecule has 1 N–H and O–H groups in total. The highest BCUT2D eigenvalue weighted by atomic mass is 19.4. The lowest BCUT2D eigenvalue weighted by atomic mass is 9.85. The van der Waals surface area contributed by atoms with Gasteiger partial charge in [-0.2, -0.15) is 13.2 Å². The number of hydrogen-bond donors (Lipinski definition) is 1. The third-order valence-corrected chi connectivity index (χ3v) is 3.46. The van der Waals surface area contributed by atoms with Crippen LogP contribution in [0, 0.1) is 0 Å². The molecule has 0 aromatic heterocycles. The Labute approximate surface area is 115 Å². The van der Waals surface area contributed by atoms with Crippen LogP contribution in [-0.2, 0) is 10.3 Å². The van der Waals surface area contributed by atoms with Gasteiger partial charge < -0.3 is 4.74 Å². The van der Waals surface area contributed by atoms with Crippen LogP contribution in [0.1, 0.15) is 38.2 Å². The van der Waals surface area contributed by atoms with Gasteiger partial charge in [0.25, 0.3) is 0 Å². The number of rotatable bonds is 4. The zero-order valence-corrected chi connectivity index (χ0v) is 11.1. The van der Waals surface area contributed by atoms with Crippen LogP contribution in [0.2, 0.25) is 0 Å². The zero-order chi connectivity index (χ0) is 14.8. The van der Waals surface area contributed by atoms with Crippen molar-refractivity contribution in [1.29, 1.82) is 0 Å². The number of cyclic esters (lactones) is 1. The fourth-order valence-electron chi connectivity index (χ4n) is 2.45. The van der Waals surface area contributed by atoms with Gasteiger partial charge in [0.2, 0.25) is 5.60 Å². The molecule has 0 fully saturated rings. The first-order valence-corrected chi connectivity index (χ1v) is 6.57. The molecule has 1 unspecified atom stereocenters. The number of benzene rings is 1. The number of amides is 1. The van der Waals surface area contributed by atoms with Gasteiger partial charge in [0.1, 0.15) is 0 Å². The Balaban J connectivity index is 2.47. The van der Waals surface area contributed by atoms with Gasteiger partial charge >= 0.3 is 12.3 Å². The predicted octanol–water partition coefficient (Wildman–Crippen LogP) is 4.59. The van der Waals surface area contributed by atoms with Crippen molar-refractivity contribution in [2.75, 3.05) is 5.32 Å². The summed E-state index contributed by atoms with van der Waals surface area (Å²) in [5.74, 6) is 0. The van der Waals surface area contributed by atoms with Crippen LogP contribution >= 0.6 is 0 Å². The molecule has 1 atom stereocenters. The number of carbonyl (C=O) groups is 1. The van der Waals surface area contributed by atoms with Gasteiger partial charge in [-0.1, -0.05) is 38.0 Å². The Kier molecular flexibility index (Phi) is 3.92. The minimum absolute atomic E-state index is 0.0248. The fraction of sp³-hybridized carbons (Fsp3) is 0.500. The van der Waals surface area contributed by atoms with Crippen molar-refractivity contribution in [1.82, 2.24) is 0 Å². The minimum Gasteiger partial charge on any atom is -0.428 e. The average molecular weight is 287 g/mol. The summed E-state index contributed by atoms with van der Waals surface area (Å²) in [7, 11) is 0. The largest absolute Gasteiger partial charge is 0.432 e. The molecule has 0 radical (unpaired) electrons. The van der Waals surface area contributed by atoms with Crippen molar-refractivity contribution in [2.24, 2.45) is 0 Å². The molecule has 1 aromatic rings. The first-order valence-electron chi connectivity index (χ1n) is 6.57. The number of anilines is 1. The molecule has 0 aliphatic carbocycles. The summed E-state index contributed by atoms with van der Waals surface area (Å²) in [5.41, 5.74) is -2.40. The van der Waals surface area contributed by atoms with E-state index in [1.807, 2.05) is 6.92 Å². The second-order valence-corrected chi connectivity index (χ2v) is 4.84. The topological polar surface area (TPSA) is 38.3 Å². The van der Waals surface area contributed by atoms with E-state index in [9.17, 15) is 18.0 Å². The highest BCUT2D eigenvalue weighted by molar-refractivity contribution is 5.89. The van der Waals surface area contributed by atoms with E-state index in [1.165, 1.54) is 18.2 Å². The Morgan fingerprint density at radius 2 is 1.95 bits per heavy atom. The number of fused-ring (bicyclic) bond motifs is 1. The molecule has 0 saturated carbocycles. The molecule has 1 heterocycles. The van der Waals surface area contributed by atoms with E-state index >= 15 is 0 Å². The van der Waals surface area contributed by atoms with E-state index < -0.39 is 17.9 Å². The fourth-order valence-corrected chi connectivity index (χ4v) is 2.45. The summed E-state index contributed by atoms with van der Waals surface area (Å²) in [6.45, 7) is 1.91. The highest BCUT2D eigenvalue weighted by Gasteiger charge is 2.61. The first kappa shape index (κ1) is 14.7. The SMILES string of the molecule is CCCCCC1(C(F)(F)F)OC(=O)Nc2ccccc21. The maximum Gasteiger partial charge on any atom is 0.432 e. The molecule has 1 aliphatic heterocycles. The summed E-state index contributed by atoms with van der Waals surface area (Å²) in [4.78, 5) is 11.5. The van der Waals surface area contributed by atoms with Crippen LogP contribution < -0.4 is 5.32 Å². The van der Waals surface area contributed by atoms with Crippen molar-refractivity contribution in [3.63, 3.8) is 0 Å². The van der Waals surface area contributed by atoms with E-state index in [-0.39, 0.29) is 17.7 Å². The standard InChI is InChI=1S/C14H16F3NO2/c1-2-3-6-9-13(14(15,16)17)10-7-4-5-8-11(10)18-12(19)20-13/h4-5,7-8H,2-3,6,9H2,1H3,(H,18,19). The Hall–Kier alpha value is -1.72. The zero-order valence-electron chi connectivity index (χ0n) is 11.1. The van der Waals surface area contributed by atoms with Crippen LogP contribution in [0.5, 0.6) is 0 Å². The lowest BCUT2D eigenvalue weighted by Gasteiger charge is -2.39. The van der Waals surface area contributed by atoms with Crippen LogP contribution in [0.3, 0.4) is 0 Å². The molecular formula is C14H16F3NO2. The summed E-state index contributed by atoms with van der Waals surface area (Å²) >= 11 is 0. The van der Waals surface area contributed by atoms with Crippen LogP contribution in [0.4, 0.5) is 23.7 Å². The summed E-state index contributed by atoms with van der Waals surface area (Å²) < 4.78 is 45.4. The number of ether oxygens (including phenoxy) is 1. The van der Waals surface area contributed by atoms with Crippen molar-refractivity contribution < 1.29 is 22.7 Å². The monoisotopic (exact) mass is 287 g/mol. The van der Waals surface area contributed by atoms with Gasteiger partial charge in [-0.05, 0) is 12.5 Å². The lowest BCUT2D eigenvalue weighted by molar-refractivity contribution is -0.267. The van der Waals surface area contributed by atoms with Gasteiger partial charge in [-0.15, -0.1) is 0 Å². The molecule has 0 spiro atoms. The Morgan fingerprint density at radius 1 is 1.25 bits per heavy atom. The predicted molar refractivity (Wildman–Crippen MR) is 68.4 cm³/mol. The molecule has 110 valence electrons. The number of hydrogen-bond acceptors (Lipinski definition) is 2. The summed E-state index contributed by atoms with van der Waals surface area (Å²) in [6, 6.07) is 5.90. The normalized spacial score (nSPS) is 21.9. The van der Waals surface area contributed by atoms with Crippen molar-refractivity contribution in [2.45, 2.75) is 44.4 Å². The van der Waals surface area contributed by atoms with Gasteiger partial charge in [-0.25, -0.2) is 4.79 Å². The van der Waals surface area contributed by atoms with E-state index in [1.54, 1.807) is 6.07 Å². The van der Waals surface area contributed by atoms with Gasteiger partial charge in [0, 0.05) is 12.0 Å². The maximum atomic E-state index is 13.6. The van der Waals surface area contributed by atoms with Crippen molar-refractivity contribution in [3.8, 4) is 0 Å². The van der Waals surface area contributed by atoms with Crippen LogP contribution in [0.25, 0.3) is 0 Å². The van der Waals surface area contributed by atoms with E-state index in [0.29, 0.717) is 12.8 Å². The van der Waals surface area contributed by atoms with E-state index in [2.05, 4.69) is 5.32 Å². The number of halogens is 3. The quantitative estimate of drug-likeness (QED) is 0.823. The maximum absolute atomic E-state index is 13.6. The highest BCUT2D eigenvalue weighted by Crippen LogP contribution is 2.50. The summed E-state index contributed by atoms with van der Waals surface area (Å²) in [5, 5.41) is 2.32. The van der Waals surface area contributed by atoms with Crippen LogP contribution in [0.15, 0.2) is 24.3 Å². The van der Waals surface area contributed by atoms with Gasteiger partial charge in [0.05, 0.1) is 5.69 Å². The van der Waals surface area contributed by atoms with E-state index in [4.69, 9.17) is 4.74 Å². The Morgan fingerprint density at radius 3 is 2.60 bits per heavy atom. The molecule has 3 nitrogen and oxygen atoms in total. The second-order valence-electron chi connectivity index (χ2n) is 4.84. The minimum atomic E-state index is -4.64. The lowest BCUT2D eigenvalue weighted by Crippen LogP contribution is -2.50. The number of carbonyl (C=O) groups excluding carboxylic acids is 1. The first-order chi connectivity index (χ1) is 9.40. The molecule has 1 aliphatic rings. The number of unbranched alkanes of at least 4 members (excludes halogenated alkanes) is 2. The smallest absolute Gasteiger partial charge is 0.428 e. The molecule has 0 saturated heterocycles. The molecule has 1 aromatic carbocycles. The van der Waals surface area contributed by atoms with Gasteiger partial charge in [0.15, 0.2) is 0 Å². The average Bonchev–Trinajstić information content (AvgIpc) is 2.37. The number of para-hydroxylation sites is 1. The molecule has 6 heteroatoms. The number of nitrogens with one attached hydrogen (secondary N) is 1. The van der Waals surface area contributed by atoms with Crippen molar-refractivity contribution in [3.05, 3.63) is 29.8 Å². The number of alkyl halides is 3. The van der Waals surface area contributed by atoms with Gasteiger partial charge in [-0.3, -0.25) is 5.32 Å². The van der Waals surface area contributed by atoms with Crippen molar-refractivity contribution >= 4 is 11.8 Å². The van der Waals surface area contributed by atoms with Crippen LogP contribution in [-0.4, -0.2) is 12.3 Å².